The lowest BCUT2D eigenvalue weighted by Gasteiger charge is -2.34. The highest BCUT2D eigenvalue weighted by Gasteiger charge is 2.42. The Bertz CT molecular complexity index is 2320. The Balaban J connectivity index is 1.31. The van der Waals surface area contributed by atoms with Crippen molar-refractivity contribution in [3.8, 4) is 11.3 Å². The van der Waals surface area contributed by atoms with E-state index in [1.165, 1.54) is 38.7 Å². The van der Waals surface area contributed by atoms with Crippen LogP contribution in [-0.2, 0) is 6.42 Å². The summed E-state index contributed by atoms with van der Waals surface area (Å²) in [6.07, 6.45) is 7.03. The SMILES string of the molecule is C=C/C1=N/C(=C)CC2C(CCc3ccc4c(oc5nc(C)ccc54)c31)c1ccccc1-c1cc(C(C)c3ccccc3)c([Si](C)(C)C)c[n+]12. The number of aromatic nitrogens is 2. The smallest absolute Gasteiger partial charge is 0.227 e. The molecule has 3 unspecified atom stereocenters. The van der Waals surface area contributed by atoms with E-state index in [1.54, 1.807) is 0 Å². The average Bonchev–Trinajstić information content (AvgIpc) is 3.46. The van der Waals surface area contributed by atoms with E-state index < -0.39 is 8.07 Å². The van der Waals surface area contributed by atoms with Crippen molar-refractivity contribution < 1.29 is 8.98 Å². The molecule has 49 heavy (non-hydrogen) atoms. The predicted octanol–water partition coefficient (Wildman–Crippen LogP) is 10.1. The van der Waals surface area contributed by atoms with Crippen molar-refractivity contribution in [3.05, 3.63) is 150 Å². The van der Waals surface area contributed by atoms with Gasteiger partial charge in [0, 0.05) is 56.4 Å². The number of benzene rings is 3. The highest BCUT2D eigenvalue weighted by atomic mass is 28.3. The molecule has 3 aromatic heterocycles. The molecular weight excluding hydrogens is 615 g/mol. The number of aliphatic imine (C=N–C) groups is 1. The van der Waals surface area contributed by atoms with Crippen LogP contribution in [0.25, 0.3) is 33.3 Å². The third-order valence-corrected chi connectivity index (χ3v) is 12.8. The summed E-state index contributed by atoms with van der Waals surface area (Å²) in [5, 5.41) is 3.60. The number of rotatable bonds is 4. The second kappa shape index (κ2) is 11.9. The van der Waals surface area contributed by atoms with Gasteiger partial charge in [-0.3, -0.25) is 4.99 Å². The Morgan fingerprint density at radius 3 is 2.49 bits per heavy atom. The maximum atomic E-state index is 6.51. The molecular formula is C44H44N3OSi+. The van der Waals surface area contributed by atoms with Crippen LogP contribution >= 0.6 is 0 Å². The largest absolute Gasteiger partial charge is 0.437 e. The number of furan rings is 1. The molecule has 0 radical (unpaired) electrons. The molecule has 0 spiro atoms. The molecule has 0 fully saturated rings. The van der Waals surface area contributed by atoms with Crippen molar-refractivity contribution in [1.29, 1.82) is 0 Å². The number of aryl methyl sites for hydroxylation is 2. The molecule has 0 saturated carbocycles. The molecule has 0 aliphatic carbocycles. The van der Waals surface area contributed by atoms with Crippen LogP contribution in [0.1, 0.15) is 71.2 Å². The summed E-state index contributed by atoms with van der Waals surface area (Å²) < 4.78 is 9.12. The molecule has 244 valence electrons. The first-order valence-corrected chi connectivity index (χ1v) is 21.1. The summed E-state index contributed by atoms with van der Waals surface area (Å²) in [7, 11) is -1.75. The quantitative estimate of drug-likeness (QED) is 0.140. The van der Waals surface area contributed by atoms with Crippen molar-refractivity contribution in [1.82, 2.24) is 4.98 Å². The number of allylic oxidation sites excluding steroid dienone is 2. The molecule has 3 atom stereocenters. The van der Waals surface area contributed by atoms with Crippen molar-refractivity contribution >= 4 is 41.0 Å². The molecule has 0 amide bonds. The fourth-order valence-corrected chi connectivity index (χ4v) is 10.0. The zero-order valence-corrected chi connectivity index (χ0v) is 30.3. The van der Waals surface area contributed by atoms with Crippen LogP contribution in [0.2, 0.25) is 19.6 Å². The van der Waals surface area contributed by atoms with Gasteiger partial charge in [0.1, 0.15) is 5.58 Å². The van der Waals surface area contributed by atoms with Gasteiger partial charge in [-0.25, -0.2) is 4.98 Å². The minimum atomic E-state index is -1.75. The molecule has 2 aliphatic rings. The Kier molecular flexibility index (Phi) is 7.64. The normalized spacial score (nSPS) is 19.3. The maximum Gasteiger partial charge on any atom is 0.227 e. The molecule has 8 rings (SSSR count). The van der Waals surface area contributed by atoms with Crippen LogP contribution in [0.3, 0.4) is 0 Å². The third-order valence-electron chi connectivity index (χ3n) is 10.8. The van der Waals surface area contributed by atoms with Crippen molar-refractivity contribution in [2.24, 2.45) is 4.99 Å². The minimum Gasteiger partial charge on any atom is -0.437 e. The lowest BCUT2D eigenvalue weighted by atomic mass is 9.77. The van der Waals surface area contributed by atoms with Gasteiger partial charge in [-0.15, -0.1) is 0 Å². The van der Waals surface area contributed by atoms with Crippen LogP contribution in [0.4, 0.5) is 0 Å². The van der Waals surface area contributed by atoms with Gasteiger partial charge < -0.3 is 4.42 Å². The third kappa shape index (κ3) is 5.32. The highest BCUT2D eigenvalue weighted by Crippen LogP contribution is 2.45. The molecule has 0 bridgehead atoms. The van der Waals surface area contributed by atoms with E-state index in [1.807, 2.05) is 19.1 Å². The standard InChI is InChI=1S/C44H44N3OSi/c1-8-38-42-31(20-23-35-36-21-18-27(2)46-44(36)48-43(35)42)19-22-34-32-16-12-13-17-33(32)40-25-37(29(4)30-14-10-9-11-15-30)41(49(5,6)7)26-47(40)39(34)24-28(3)45-38/h8-18,20-21,23,25-26,29,34,39H,1,3,19,22,24H2,2,4-7H3/q+1/b45-38-. The first-order chi connectivity index (χ1) is 23.6. The molecule has 5 heterocycles. The zero-order chi connectivity index (χ0) is 34.0. The van der Waals surface area contributed by atoms with Gasteiger partial charge in [0.25, 0.3) is 0 Å². The molecule has 4 nitrogen and oxygen atoms in total. The van der Waals surface area contributed by atoms with Crippen LogP contribution < -0.4 is 9.75 Å². The minimum absolute atomic E-state index is 0.187. The summed E-state index contributed by atoms with van der Waals surface area (Å²) in [6.45, 7) is 20.6. The summed E-state index contributed by atoms with van der Waals surface area (Å²) in [5.41, 5.74) is 13.2. The Morgan fingerprint density at radius 1 is 0.959 bits per heavy atom. The van der Waals surface area contributed by atoms with Gasteiger partial charge in [-0.2, -0.15) is 4.57 Å². The van der Waals surface area contributed by atoms with Crippen LogP contribution in [0.15, 0.2) is 125 Å². The van der Waals surface area contributed by atoms with E-state index in [9.17, 15) is 0 Å². The summed E-state index contributed by atoms with van der Waals surface area (Å²) in [6, 6.07) is 31.4. The van der Waals surface area contributed by atoms with Gasteiger partial charge in [-0.1, -0.05) is 100 Å². The van der Waals surface area contributed by atoms with Crippen LogP contribution in [0, 0.1) is 6.92 Å². The van der Waals surface area contributed by atoms with Gasteiger partial charge in [0.2, 0.25) is 11.4 Å². The van der Waals surface area contributed by atoms with Gasteiger partial charge in [0.15, 0.2) is 12.2 Å². The Morgan fingerprint density at radius 2 is 1.71 bits per heavy atom. The van der Waals surface area contributed by atoms with E-state index in [-0.39, 0.29) is 6.04 Å². The number of pyridine rings is 2. The molecule has 2 aliphatic heterocycles. The second-order valence-electron chi connectivity index (χ2n) is 15.0. The molecule has 0 N–H and O–H groups in total. The molecule has 5 heteroatoms. The number of fused-ring (bicyclic) bond motifs is 11. The fourth-order valence-electron chi connectivity index (χ4n) is 8.34. The average molecular weight is 659 g/mol. The molecule has 6 aromatic rings. The monoisotopic (exact) mass is 658 g/mol. The maximum absolute atomic E-state index is 6.51. The second-order valence-corrected chi connectivity index (χ2v) is 20.0. The Hall–Kier alpha value is -4.87. The van der Waals surface area contributed by atoms with E-state index in [0.717, 1.165) is 58.3 Å². The molecule has 0 saturated heterocycles. The van der Waals surface area contributed by atoms with Crippen LogP contribution in [-0.4, -0.2) is 18.8 Å². The van der Waals surface area contributed by atoms with Crippen molar-refractivity contribution in [2.45, 2.75) is 70.6 Å². The van der Waals surface area contributed by atoms with E-state index in [4.69, 9.17) is 14.4 Å². The Labute approximate surface area is 290 Å². The lowest BCUT2D eigenvalue weighted by Crippen LogP contribution is -2.54. The molecule has 3 aromatic carbocycles. The lowest BCUT2D eigenvalue weighted by molar-refractivity contribution is -0.717. The van der Waals surface area contributed by atoms with E-state index in [2.05, 4.69) is 129 Å². The predicted molar refractivity (Wildman–Crippen MR) is 206 cm³/mol. The van der Waals surface area contributed by atoms with E-state index in [0.29, 0.717) is 17.5 Å². The van der Waals surface area contributed by atoms with Gasteiger partial charge in [-0.05, 0) is 66.3 Å². The highest BCUT2D eigenvalue weighted by molar-refractivity contribution is 6.89. The van der Waals surface area contributed by atoms with Gasteiger partial charge >= 0.3 is 0 Å². The summed E-state index contributed by atoms with van der Waals surface area (Å²) in [4.78, 5) is 9.94. The summed E-state index contributed by atoms with van der Waals surface area (Å²) in [5.74, 6) is 0.588. The zero-order valence-electron chi connectivity index (χ0n) is 29.3. The van der Waals surface area contributed by atoms with Crippen LogP contribution in [0.5, 0.6) is 0 Å². The number of hydrogen-bond acceptors (Lipinski definition) is 3. The van der Waals surface area contributed by atoms with Crippen molar-refractivity contribution in [2.75, 3.05) is 0 Å². The topological polar surface area (TPSA) is 42.3 Å². The van der Waals surface area contributed by atoms with E-state index >= 15 is 0 Å². The number of hydrogen-bond donors (Lipinski definition) is 0. The van der Waals surface area contributed by atoms with Crippen molar-refractivity contribution in [3.63, 3.8) is 0 Å². The number of nitrogens with zero attached hydrogens (tertiary/aromatic N) is 3. The summed E-state index contributed by atoms with van der Waals surface area (Å²) >= 11 is 0. The fraction of sp³-hybridized carbons (Fsp3) is 0.250. The first kappa shape index (κ1) is 31.4. The first-order valence-electron chi connectivity index (χ1n) is 17.6. The van der Waals surface area contributed by atoms with Gasteiger partial charge in [0.05, 0.1) is 20.2 Å².